The van der Waals surface area contributed by atoms with E-state index in [1.54, 1.807) is 0 Å². The van der Waals surface area contributed by atoms with Crippen molar-refractivity contribution < 1.29 is 4.92 Å². The van der Waals surface area contributed by atoms with Crippen molar-refractivity contribution in [2.75, 3.05) is 0 Å². The zero-order chi connectivity index (χ0) is 11.1. The van der Waals surface area contributed by atoms with Gasteiger partial charge in [0.15, 0.2) is 0 Å². The Morgan fingerprint density at radius 3 is 3.00 bits per heavy atom. The number of fused-ring (bicyclic) bond motifs is 3. The summed E-state index contributed by atoms with van der Waals surface area (Å²) in [7, 11) is 0. The van der Waals surface area contributed by atoms with Gasteiger partial charge in [-0.2, -0.15) is 0 Å². The van der Waals surface area contributed by atoms with Crippen LogP contribution in [0.5, 0.6) is 0 Å². The lowest BCUT2D eigenvalue weighted by atomic mass is 9.92. The Kier molecular flexibility index (Phi) is 1.96. The number of hydrogen-bond acceptors (Lipinski definition) is 2. The molecule has 1 aromatic carbocycles. The first-order chi connectivity index (χ1) is 7.75. The number of nitrogens with zero attached hydrogens (tertiary/aromatic N) is 1. The first-order valence-corrected chi connectivity index (χ1v) is 5.47. The molecule has 1 atom stereocenters. The van der Waals surface area contributed by atoms with Gasteiger partial charge in [0.25, 0.3) is 0 Å². The topological polar surface area (TPSA) is 58.9 Å². The number of rotatable bonds is 1. The van der Waals surface area contributed by atoms with Gasteiger partial charge in [0, 0.05) is 34.4 Å². The van der Waals surface area contributed by atoms with Gasteiger partial charge in [-0.1, -0.05) is 18.2 Å². The van der Waals surface area contributed by atoms with Gasteiger partial charge < -0.3 is 4.98 Å². The summed E-state index contributed by atoms with van der Waals surface area (Å²) in [5.41, 5.74) is 3.42. The van der Waals surface area contributed by atoms with Crippen molar-refractivity contribution >= 4 is 10.9 Å². The van der Waals surface area contributed by atoms with Crippen LogP contribution in [0.1, 0.15) is 17.7 Å². The number of H-pyrrole nitrogens is 1. The normalized spacial score (nSPS) is 19.6. The number of aryl methyl sites for hydroxylation is 1. The predicted octanol–water partition coefficient (Wildman–Crippen LogP) is 2.30. The molecule has 16 heavy (non-hydrogen) atoms. The third kappa shape index (κ3) is 1.30. The molecule has 0 saturated carbocycles. The zero-order valence-electron chi connectivity index (χ0n) is 8.77. The van der Waals surface area contributed by atoms with Crippen LogP contribution < -0.4 is 0 Å². The van der Waals surface area contributed by atoms with E-state index in [1.165, 1.54) is 5.69 Å². The second-order valence-electron chi connectivity index (χ2n) is 4.31. The molecule has 3 rings (SSSR count). The second-order valence-corrected chi connectivity index (χ2v) is 4.31. The molecular weight excluding hydrogens is 204 g/mol. The lowest BCUT2D eigenvalue weighted by molar-refractivity contribution is -0.523. The Morgan fingerprint density at radius 2 is 2.19 bits per heavy atom. The quantitative estimate of drug-likeness (QED) is 0.587. The Bertz CT molecular complexity index is 559. The number of nitrogens with one attached hydrogen (secondary N) is 1. The van der Waals surface area contributed by atoms with Gasteiger partial charge in [0.05, 0.1) is 0 Å². The summed E-state index contributed by atoms with van der Waals surface area (Å²) in [5, 5.41) is 12.0. The average molecular weight is 216 g/mol. The van der Waals surface area contributed by atoms with Crippen molar-refractivity contribution in [3.05, 3.63) is 45.6 Å². The summed E-state index contributed by atoms with van der Waals surface area (Å²) in [5.74, 6) is 0. The minimum atomic E-state index is -0.410. The summed E-state index contributed by atoms with van der Waals surface area (Å²) in [4.78, 5) is 14.0. The lowest BCUT2D eigenvalue weighted by Gasteiger charge is -2.15. The predicted molar refractivity (Wildman–Crippen MR) is 61.1 cm³/mol. The monoisotopic (exact) mass is 216 g/mol. The third-order valence-corrected chi connectivity index (χ3v) is 3.37. The molecule has 0 spiro atoms. The molecule has 1 aromatic heterocycles. The fourth-order valence-corrected chi connectivity index (χ4v) is 2.53. The van der Waals surface area contributed by atoms with Gasteiger partial charge in [-0.3, -0.25) is 10.1 Å². The Labute approximate surface area is 92.4 Å². The van der Waals surface area contributed by atoms with Gasteiger partial charge in [-0.25, -0.2) is 0 Å². The highest BCUT2D eigenvalue weighted by Gasteiger charge is 2.29. The summed E-state index contributed by atoms with van der Waals surface area (Å²) in [6, 6.07) is 7.61. The minimum Gasteiger partial charge on any atom is -0.358 e. The molecule has 2 aromatic rings. The number of para-hydroxylation sites is 1. The van der Waals surface area contributed by atoms with Gasteiger partial charge in [-0.15, -0.1) is 0 Å². The van der Waals surface area contributed by atoms with E-state index in [4.69, 9.17) is 0 Å². The average Bonchev–Trinajstić information content (AvgIpc) is 2.66. The number of nitro groups is 1. The maximum Gasteiger partial charge on any atom is 0.217 e. The van der Waals surface area contributed by atoms with E-state index in [2.05, 4.69) is 4.98 Å². The summed E-state index contributed by atoms with van der Waals surface area (Å²) in [6.07, 6.45) is 1.99. The van der Waals surface area contributed by atoms with Crippen molar-refractivity contribution in [1.29, 1.82) is 0 Å². The van der Waals surface area contributed by atoms with Crippen molar-refractivity contribution in [2.45, 2.75) is 25.3 Å². The van der Waals surface area contributed by atoms with Crippen molar-refractivity contribution in [3.63, 3.8) is 0 Å². The minimum absolute atomic E-state index is 0.148. The number of aromatic nitrogens is 1. The first-order valence-electron chi connectivity index (χ1n) is 5.47. The molecule has 82 valence electrons. The van der Waals surface area contributed by atoms with E-state index in [0.29, 0.717) is 12.8 Å². The Hall–Kier alpha value is -1.84. The Morgan fingerprint density at radius 1 is 1.38 bits per heavy atom. The van der Waals surface area contributed by atoms with Crippen LogP contribution in [0.4, 0.5) is 0 Å². The molecule has 1 N–H and O–H groups in total. The maximum absolute atomic E-state index is 10.8. The van der Waals surface area contributed by atoms with E-state index in [9.17, 15) is 10.1 Å². The van der Waals surface area contributed by atoms with E-state index in [0.717, 1.165) is 22.9 Å². The fraction of sp³-hybridized carbons (Fsp3) is 0.333. The van der Waals surface area contributed by atoms with Crippen LogP contribution in [0.2, 0.25) is 0 Å². The highest BCUT2D eigenvalue weighted by atomic mass is 16.6. The molecule has 0 fully saturated rings. The smallest absolute Gasteiger partial charge is 0.217 e. The maximum atomic E-state index is 10.8. The summed E-state index contributed by atoms with van der Waals surface area (Å²) < 4.78 is 0. The van der Waals surface area contributed by atoms with Gasteiger partial charge in [-0.05, 0) is 18.1 Å². The highest BCUT2D eigenvalue weighted by molar-refractivity contribution is 5.84. The van der Waals surface area contributed by atoms with Gasteiger partial charge in [0.1, 0.15) is 0 Å². The molecule has 1 aliphatic rings. The van der Waals surface area contributed by atoms with E-state index in [1.807, 2.05) is 24.3 Å². The van der Waals surface area contributed by atoms with Crippen LogP contribution in [-0.2, 0) is 12.8 Å². The molecule has 0 radical (unpaired) electrons. The summed E-state index contributed by atoms with van der Waals surface area (Å²) in [6.45, 7) is 0. The zero-order valence-corrected chi connectivity index (χ0v) is 8.77. The number of aromatic amines is 1. The molecular formula is C12H12N2O2. The van der Waals surface area contributed by atoms with Gasteiger partial charge >= 0.3 is 0 Å². The van der Waals surface area contributed by atoms with Crippen molar-refractivity contribution in [1.82, 2.24) is 4.98 Å². The number of benzene rings is 1. The fourth-order valence-electron chi connectivity index (χ4n) is 2.53. The molecule has 0 aliphatic heterocycles. The molecule has 4 nitrogen and oxygen atoms in total. The molecule has 0 saturated heterocycles. The summed E-state index contributed by atoms with van der Waals surface area (Å²) >= 11 is 0. The molecule has 0 amide bonds. The van der Waals surface area contributed by atoms with Crippen molar-refractivity contribution in [2.24, 2.45) is 0 Å². The highest BCUT2D eigenvalue weighted by Crippen LogP contribution is 2.29. The molecule has 1 unspecified atom stereocenters. The number of hydrogen-bond donors (Lipinski definition) is 1. The van der Waals surface area contributed by atoms with Gasteiger partial charge in [0.2, 0.25) is 6.04 Å². The SMILES string of the molecule is O=[N+]([O-])C1CCc2[nH]c3ccccc3c2C1. The van der Waals surface area contributed by atoms with E-state index in [-0.39, 0.29) is 4.92 Å². The molecule has 1 aliphatic carbocycles. The third-order valence-electron chi connectivity index (χ3n) is 3.37. The van der Waals surface area contributed by atoms with Crippen LogP contribution in [-0.4, -0.2) is 15.9 Å². The van der Waals surface area contributed by atoms with Crippen LogP contribution in [0, 0.1) is 10.1 Å². The molecule has 1 heterocycles. The van der Waals surface area contributed by atoms with Crippen molar-refractivity contribution in [3.8, 4) is 0 Å². The van der Waals surface area contributed by atoms with Crippen LogP contribution in [0.15, 0.2) is 24.3 Å². The van der Waals surface area contributed by atoms with E-state index < -0.39 is 6.04 Å². The second kappa shape index (κ2) is 3.33. The Balaban J connectivity index is 2.11. The largest absolute Gasteiger partial charge is 0.358 e. The van der Waals surface area contributed by atoms with Crippen LogP contribution >= 0.6 is 0 Å². The standard InChI is InChI=1S/C12H12N2O2/c15-14(16)8-5-6-12-10(7-8)9-3-1-2-4-11(9)13-12/h1-4,8,13H,5-7H2. The molecule has 4 heteroatoms. The molecule has 0 bridgehead atoms. The first kappa shape index (κ1) is 9.39. The lowest BCUT2D eigenvalue weighted by Crippen LogP contribution is -2.26. The van der Waals surface area contributed by atoms with E-state index >= 15 is 0 Å². The van der Waals surface area contributed by atoms with Crippen LogP contribution in [0.25, 0.3) is 10.9 Å². The van der Waals surface area contributed by atoms with Crippen LogP contribution in [0.3, 0.4) is 0 Å².